The van der Waals surface area contributed by atoms with Gasteiger partial charge in [0.25, 0.3) is 0 Å². The fourth-order valence-corrected chi connectivity index (χ4v) is 2.08. The summed E-state index contributed by atoms with van der Waals surface area (Å²) in [4.78, 5) is 1.80. The normalized spacial score (nSPS) is 12.1. The summed E-state index contributed by atoms with van der Waals surface area (Å²) in [6.07, 6.45) is -0.659. The summed E-state index contributed by atoms with van der Waals surface area (Å²) in [5, 5.41) is 27.8. The van der Waals surface area contributed by atoms with Crippen LogP contribution < -0.4 is 17.1 Å². The molecule has 1 aromatic carbocycles. The van der Waals surface area contributed by atoms with E-state index < -0.39 is 6.10 Å². The number of aryl methyl sites for hydroxylation is 2. The Morgan fingerprint density at radius 1 is 1.14 bits per heavy atom. The first-order valence-corrected chi connectivity index (χ1v) is 6.89. The molecule has 0 fully saturated rings. The minimum Gasteiger partial charge on any atom is -1.00 e. The zero-order valence-electron chi connectivity index (χ0n) is 12.6. The fraction of sp³-hybridized carbons (Fsp3) is 0.600. The molecule has 0 amide bonds. The number of aliphatic hydroxyl groups is 3. The van der Waals surface area contributed by atoms with Crippen LogP contribution in [0.1, 0.15) is 11.1 Å². The second-order valence-corrected chi connectivity index (χ2v) is 4.98. The largest absolute Gasteiger partial charge is 1.00 e. The van der Waals surface area contributed by atoms with Crippen molar-refractivity contribution in [3.63, 3.8) is 0 Å². The van der Waals surface area contributed by atoms with Crippen LogP contribution in [0.25, 0.3) is 0 Å². The van der Waals surface area contributed by atoms with Crippen molar-refractivity contribution in [1.82, 2.24) is 4.90 Å². The number of nitrogens with zero attached hydrogens (tertiary/aromatic N) is 1. The van der Waals surface area contributed by atoms with Gasteiger partial charge in [-0.2, -0.15) is 0 Å². The first kappa shape index (κ1) is 20.1. The van der Waals surface area contributed by atoms with Gasteiger partial charge in [-0.25, -0.2) is 0 Å². The van der Waals surface area contributed by atoms with Crippen LogP contribution in [-0.4, -0.2) is 65.8 Å². The average Bonchev–Trinajstić information content (AvgIpc) is 2.38. The van der Waals surface area contributed by atoms with Crippen molar-refractivity contribution in [2.75, 3.05) is 39.5 Å². The maximum Gasteiger partial charge on any atom is 0.122 e. The van der Waals surface area contributed by atoms with Gasteiger partial charge in [0, 0.05) is 19.6 Å². The lowest BCUT2D eigenvalue weighted by Crippen LogP contribution is -3.00. The van der Waals surface area contributed by atoms with Gasteiger partial charge in [0.1, 0.15) is 18.5 Å². The zero-order chi connectivity index (χ0) is 15.0. The van der Waals surface area contributed by atoms with Crippen molar-refractivity contribution < 1.29 is 32.5 Å². The van der Waals surface area contributed by atoms with Gasteiger partial charge >= 0.3 is 0 Å². The van der Waals surface area contributed by atoms with Gasteiger partial charge in [-0.05, 0) is 25.5 Å². The summed E-state index contributed by atoms with van der Waals surface area (Å²) in [7, 11) is 0. The first-order chi connectivity index (χ1) is 9.56. The molecule has 1 aromatic rings. The predicted octanol–water partition coefficient (Wildman–Crippen LogP) is -2.67. The lowest BCUT2D eigenvalue weighted by molar-refractivity contribution is -0.0000111. The summed E-state index contributed by atoms with van der Waals surface area (Å²) < 4.78 is 5.61. The van der Waals surface area contributed by atoms with E-state index in [0.717, 1.165) is 11.3 Å². The number of aliphatic hydroxyl groups excluding tert-OH is 3. The highest BCUT2D eigenvalue weighted by molar-refractivity contribution is 5.35. The van der Waals surface area contributed by atoms with Crippen LogP contribution >= 0.6 is 0 Å². The van der Waals surface area contributed by atoms with E-state index in [0.29, 0.717) is 19.6 Å². The van der Waals surface area contributed by atoms with Crippen molar-refractivity contribution in [3.05, 3.63) is 29.3 Å². The molecular weight excluding hydrogens is 294 g/mol. The number of halogens is 1. The fourth-order valence-electron chi connectivity index (χ4n) is 2.08. The highest BCUT2D eigenvalue weighted by Gasteiger charge is 2.12. The second-order valence-electron chi connectivity index (χ2n) is 4.98. The smallest absolute Gasteiger partial charge is 0.122 e. The van der Waals surface area contributed by atoms with Crippen molar-refractivity contribution in [2.24, 2.45) is 0 Å². The molecule has 0 bridgehead atoms. The highest BCUT2D eigenvalue weighted by atomic mass is 35.5. The second kappa shape index (κ2) is 10.8. The Morgan fingerprint density at radius 3 is 2.29 bits per heavy atom. The van der Waals surface area contributed by atoms with E-state index >= 15 is 0 Å². The first-order valence-electron chi connectivity index (χ1n) is 6.89. The van der Waals surface area contributed by atoms with Gasteiger partial charge in [-0.3, -0.25) is 4.90 Å². The topological polar surface area (TPSA) is 73.2 Å². The third-order valence-corrected chi connectivity index (χ3v) is 3.06. The third kappa shape index (κ3) is 7.64. The molecule has 0 aliphatic rings. The van der Waals surface area contributed by atoms with Crippen molar-refractivity contribution in [3.8, 4) is 5.75 Å². The quantitative estimate of drug-likeness (QED) is 0.463. The molecule has 1 atom stereocenters. The molecule has 1 rings (SSSR count). The molecule has 0 aromatic heterocycles. The third-order valence-electron chi connectivity index (χ3n) is 3.06. The zero-order valence-corrected chi connectivity index (χ0v) is 13.4. The Balaban J connectivity index is 0.00000400. The molecule has 0 aliphatic heterocycles. The van der Waals surface area contributed by atoms with Crippen LogP contribution in [0.15, 0.2) is 18.2 Å². The molecule has 3 N–H and O–H groups in total. The van der Waals surface area contributed by atoms with Crippen molar-refractivity contribution >= 4 is 0 Å². The van der Waals surface area contributed by atoms with Gasteiger partial charge < -0.3 is 32.5 Å². The average molecular weight is 319 g/mol. The van der Waals surface area contributed by atoms with E-state index in [1.807, 2.05) is 32.0 Å². The summed E-state index contributed by atoms with van der Waals surface area (Å²) in [6.45, 7) is 5.42. The number of benzene rings is 1. The molecule has 0 spiro atoms. The maximum absolute atomic E-state index is 9.95. The van der Waals surface area contributed by atoms with Gasteiger partial charge in [0.15, 0.2) is 0 Å². The molecule has 0 radical (unpaired) electrons. The van der Waals surface area contributed by atoms with Gasteiger partial charge in [-0.1, -0.05) is 17.7 Å². The Labute approximate surface area is 132 Å². The Hall–Kier alpha value is -0.850. The van der Waals surface area contributed by atoms with Gasteiger partial charge in [-0.15, -0.1) is 0 Å². The van der Waals surface area contributed by atoms with Crippen molar-refractivity contribution in [2.45, 2.75) is 20.0 Å². The minimum absolute atomic E-state index is 0. The van der Waals surface area contributed by atoms with Crippen molar-refractivity contribution in [1.29, 1.82) is 0 Å². The van der Waals surface area contributed by atoms with Crippen LogP contribution in [0.2, 0.25) is 0 Å². The molecule has 5 nitrogen and oxygen atoms in total. The number of rotatable bonds is 9. The lowest BCUT2D eigenvalue weighted by Gasteiger charge is -2.23. The van der Waals surface area contributed by atoms with E-state index in [-0.39, 0.29) is 32.2 Å². The van der Waals surface area contributed by atoms with Crippen LogP contribution in [0, 0.1) is 13.8 Å². The molecule has 0 heterocycles. The molecule has 0 saturated heterocycles. The SMILES string of the molecule is Cc1ccc(OCC(O)CN(CCO)CCO)c(C)c1.[Cl-]. The minimum atomic E-state index is -0.659. The van der Waals surface area contributed by atoms with E-state index in [9.17, 15) is 5.11 Å². The Bertz CT molecular complexity index is 397. The van der Waals surface area contributed by atoms with Crippen LogP contribution in [-0.2, 0) is 0 Å². The molecule has 6 heteroatoms. The van der Waals surface area contributed by atoms with Crippen LogP contribution in [0.3, 0.4) is 0 Å². The summed E-state index contributed by atoms with van der Waals surface area (Å²) >= 11 is 0. The molecule has 122 valence electrons. The predicted molar refractivity (Wildman–Crippen MR) is 78.0 cm³/mol. The molecule has 21 heavy (non-hydrogen) atoms. The van der Waals surface area contributed by atoms with Gasteiger partial charge in [0.2, 0.25) is 0 Å². The molecular formula is C15H25ClNO4-. The van der Waals surface area contributed by atoms with E-state index in [1.165, 1.54) is 5.56 Å². The standard InChI is InChI=1S/C15H25NO4.ClH/c1-12-3-4-15(13(2)9-12)20-11-14(19)10-16(5-7-17)6-8-18;/h3-4,9,14,17-19H,5-8,10-11H2,1-2H3;1H/p-1. The number of hydrogen-bond acceptors (Lipinski definition) is 5. The van der Waals surface area contributed by atoms with E-state index in [1.54, 1.807) is 4.90 Å². The summed E-state index contributed by atoms with van der Waals surface area (Å²) in [5.74, 6) is 0.769. The van der Waals surface area contributed by atoms with E-state index in [4.69, 9.17) is 14.9 Å². The maximum atomic E-state index is 9.95. The Kier molecular flexibility index (Phi) is 10.4. The molecule has 1 unspecified atom stereocenters. The Morgan fingerprint density at radius 2 is 1.76 bits per heavy atom. The van der Waals surface area contributed by atoms with E-state index in [2.05, 4.69) is 0 Å². The van der Waals surface area contributed by atoms with Gasteiger partial charge in [0.05, 0.1) is 13.2 Å². The lowest BCUT2D eigenvalue weighted by atomic mass is 10.1. The number of hydrogen-bond donors (Lipinski definition) is 3. The molecule has 0 aliphatic carbocycles. The highest BCUT2D eigenvalue weighted by Crippen LogP contribution is 2.18. The van der Waals surface area contributed by atoms with Crippen LogP contribution in [0.4, 0.5) is 0 Å². The van der Waals surface area contributed by atoms with Crippen LogP contribution in [0.5, 0.6) is 5.75 Å². The summed E-state index contributed by atoms with van der Waals surface area (Å²) in [5.41, 5.74) is 2.22. The summed E-state index contributed by atoms with van der Waals surface area (Å²) in [6, 6.07) is 5.90. The molecule has 0 saturated carbocycles. The number of ether oxygens (including phenoxy) is 1. The monoisotopic (exact) mass is 318 g/mol.